The van der Waals surface area contributed by atoms with Crippen LogP contribution in [0.1, 0.15) is 51.0 Å². The Morgan fingerprint density at radius 3 is 2.69 bits per heavy atom. The minimum absolute atomic E-state index is 0.0817. The summed E-state index contributed by atoms with van der Waals surface area (Å²) >= 11 is 0. The van der Waals surface area contributed by atoms with Crippen molar-refractivity contribution in [2.24, 2.45) is 5.92 Å². The van der Waals surface area contributed by atoms with Gasteiger partial charge in [-0.3, -0.25) is 4.79 Å². The second-order valence-electron chi connectivity index (χ2n) is 9.56. The van der Waals surface area contributed by atoms with Crippen molar-refractivity contribution >= 4 is 17.4 Å². The minimum atomic E-state index is -2.57. The van der Waals surface area contributed by atoms with E-state index in [0.717, 1.165) is 18.4 Å². The maximum atomic E-state index is 14.9. The van der Waals surface area contributed by atoms with Crippen molar-refractivity contribution in [3.63, 3.8) is 0 Å². The summed E-state index contributed by atoms with van der Waals surface area (Å²) in [5.41, 5.74) is 1.35. The average Bonchev–Trinajstić information content (AvgIpc) is 3.28. The Balaban J connectivity index is 1.27. The fraction of sp³-hybridized carbons (Fsp3) is 0.538. The van der Waals surface area contributed by atoms with Gasteiger partial charge in [-0.2, -0.15) is 0 Å². The summed E-state index contributed by atoms with van der Waals surface area (Å²) in [5, 5.41) is 5.81. The third-order valence-corrected chi connectivity index (χ3v) is 6.71. The van der Waals surface area contributed by atoms with Gasteiger partial charge in [-0.25, -0.2) is 18.2 Å². The molecule has 0 spiro atoms. The number of ether oxygens (including phenoxy) is 1. The zero-order valence-electron chi connectivity index (χ0n) is 20.2. The Morgan fingerprint density at radius 2 is 2.00 bits per heavy atom. The molecule has 9 heteroatoms. The molecule has 2 aromatic rings. The van der Waals surface area contributed by atoms with Crippen LogP contribution in [0.25, 0.3) is 0 Å². The molecular weight excluding hydrogens is 457 g/mol. The molecule has 2 heterocycles. The Hall–Kier alpha value is -2.97. The van der Waals surface area contributed by atoms with Crippen LogP contribution in [0.2, 0.25) is 0 Å². The highest BCUT2D eigenvalue weighted by Crippen LogP contribution is 2.41. The van der Waals surface area contributed by atoms with Crippen LogP contribution in [0.5, 0.6) is 5.75 Å². The summed E-state index contributed by atoms with van der Waals surface area (Å²) in [7, 11) is 0. The number of nitrogens with one attached hydrogen (secondary N) is 2. The molecule has 2 unspecified atom stereocenters. The average molecular weight is 491 g/mol. The van der Waals surface area contributed by atoms with Crippen molar-refractivity contribution in [1.82, 2.24) is 10.3 Å². The summed E-state index contributed by atoms with van der Waals surface area (Å²) in [6.07, 6.45) is 2.87. The first-order valence-corrected chi connectivity index (χ1v) is 12.3. The molecule has 0 radical (unpaired) electrons. The summed E-state index contributed by atoms with van der Waals surface area (Å²) in [4.78, 5) is 18.5. The topological polar surface area (TPSA) is 66.5 Å². The van der Waals surface area contributed by atoms with Gasteiger partial charge in [0.1, 0.15) is 11.9 Å². The first-order valence-electron chi connectivity index (χ1n) is 12.3. The Morgan fingerprint density at radius 1 is 1.26 bits per heavy atom. The third-order valence-electron chi connectivity index (χ3n) is 6.71. The Labute approximate surface area is 204 Å². The van der Waals surface area contributed by atoms with Gasteiger partial charge in [0.05, 0.1) is 18.2 Å². The monoisotopic (exact) mass is 490 g/mol. The second kappa shape index (κ2) is 10.7. The number of pyridine rings is 1. The van der Waals surface area contributed by atoms with Gasteiger partial charge >= 0.3 is 0 Å². The molecule has 1 aliphatic carbocycles. The van der Waals surface area contributed by atoms with Gasteiger partial charge in [-0.1, -0.05) is 19.1 Å². The fourth-order valence-corrected chi connectivity index (χ4v) is 4.59. The zero-order valence-corrected chi connectivity index (χ0v) is 20.2. The predicted octanol–water partition coefficient (Wildman–Crippen LogP) is 4.97. The minimum Gasteiger partial charge on any atom is -0.489 e. The second-order valence-corrected chi connectivity index (χ2v) is 9.56. The van der Waals surface area contributed by atoms with E-state index in [1.54, 1.807) is 19.2 Å². The highest BCUT2D eigenvalue weighted by atomic mass is 19.3. The van der Waals surface area contributed by atoms with Crippen molar-refractivity contribution in [3.8, 4) is 5.75 Å². The molecule has 190 valence electrons. The number of rotatable bonds is 10. The van der Waals surface area contributed by atoms with E-state index in [1.165, 1.54) is 0 Å². The van der Waals surface area contributed by atoms with E-state index in [-0.39, 0.29) is 49.0 Å². The van der Waals surface area contributed by atoms with Gasteiger partial charge in [0.25, 0.3) is 0 Å². The number of benzene rings is 1. The molecule has 1 saturated heterocycles. The molecule has 2 N–H and O–H groups in total. The number of carbonyl (C=O) groups is 1. The number of aromatic nitrogens is 1. The molecule has 2 atom stereocenters. The van der Waals surface area contributed by atoms with Crippen molar-refractivity contribution in [3.05, 3.63) is 47.9 Å². The molecule has 1 amide bonds. The lowest BCUT2D eigenvalue weighted by molar-refractivity contribution is -0.127. The smallest absolute Gasteiger partial charge is 0.248 e. The molecule has 1 aliphatic heterocycles. The molecule has 0 bridgehead atoms. The molecule has 2 aliphatic rings. The van der Waals surface area contributed by atoms with Gasteiger partial charge < -0.3 is 20.3 Å². The molecule has 35 heavy (non-hydrogen) atoms. The SMILES string of the molecule is CCCNc1nccc(N2CCC(Oc3ccc(C(C)C(=O)NCC4CC(F)(F)C4)cc3)C2)c1F. The number of alkyl halides is 2. The van der Waals surface area contributed by atoms with Crippen LogP contribution in [0.3, 0.4) is 0 Å². The highest BCUT2D eigenvalue weighted by molar-refractivity contribution is 5.83. The number of halogens is 3. The molecular formula is C26H33F3N4O2. The van der Waals surface area contributed by atoms with Crippen molar-refractivity contribution in [2.45, 2.75) is 57.5 Å². The lowest BCUT2D eigenvalue weighted by Gasteiger charge is -2.35. The number of hydrogen-bond acceptors (Lipinski definition) is 5. The van der Waals surface area contributed by atoms with Gasteiger partial charge in [-0.15, -0.1) is 0 Å². The fourth-order valence-electron chi connectivity index (χ4n) is 4.59. The molecule has 1 aromatic heterocycles. The molecule has 1 aromatic carbocycles. The molecule has 1 saturated carbocycles. The van der Waals surface area contributed by atoms with Crippen LogP contribution in [0.4, 0.5) is 24.7 Å². The maximum absolute atomic E-state index is 14.9. The molecule has 6 nitrogen and oxygen atoms in total. The Kier molecular flexibility index (Phi) is 7.72. The standard InChI is InChI=1S/C26H33F3N4O2/c1-3-10-30-24-23(27)22(8-11-31-24)33-12-9-21(16-33)35-20-6-4-19(5-7-20)17(2)25(34)32-15-18-13-26(28,29)14-18/h4-8,11,17-18,21H,3,9-10,12-16H2,1-2H3,(H,30,31)(H,32,34). The lowest BCUT2D eigenvalue weighted by Crippen LogP contribution is -2.43. The maximum Gasteiger partial charge on any atom is 0.248 e. The van der Waals surface area contributed by atoms with E-state index in [2.05, 4.69) is 15.6 Å². The summed E-state index contributed by atoms with van der Waals surface area (Å²) in [5.74, 6) is -2.68. The van der Waals surface area contributed by atoms with E-state index in [9.17, 15) is 18.0 Å². The van der Waals surface area contributed by atoms with Crippen LogP contribution in [0, 0.1) is 11.7 Å². The van der Waals surface area contributed by atoms with E-state index in [1.807, 2.05) is 36.1 Å². The number of hydrogen-bond donors (Lipinski definition) is 2. The highest BCUT2D eigenvalue weighted by Gasteiger charge is 2.45. The predicted molar refractivity (Wildman–Crippen MR) is 130 cm³/mol. The molecule has 4 rings (SSSR count). The number of amides is 1. The van der Waals surface area contributed by atoms with Gasteiger partial charge in [-0.05, 0) is 43.0 Å². The largest absolute Gasteiger partial charge is 0.489 e. The summed E-state index contributed by atoms with van der Waals surface area (Å²) in [6.45, 7) is 6.00. The van der Waals surface area contributed by atoms with E-state index in [0.29, 0.717) is 31.1 Å². The zero-order chi connectivity index (χ0) is 25.0. The van der Waals surface area contributed by atoms with Crippen molar-refractivity contribution < 1.29 is 22.7 Å². The number of carbonyl (C=O) groups excluding carboxylic acids is 1. The molecule has 2 fully saturated rings. The first kappa shape index (κ1) is 25.1. The van der Waals surface area contributed by atoms with Crippen LogP contribution < -0.4 is 20.3 Å². The quantitative estimate of drug-likeness (QED) is 0.493. The van der Waals surface area contributed by atoms with Crippen molar-refractivity contribution in [2.75, 3.05) is 36.4 Å². The number of anilines is 2. The van der Waals surface area contributed by atoms with Crippen molar-refractivity contribution in [1.29, 1.82) is 0 Å². The summed E-state index contributed by atoms with van der Waals surface area (Å²) < 4.78 is 46.9. The van der Waals surface area contributed by atoms with Crippen LogP contribution in [0.15, 0.2) is 36.5 Å². The normalized spacial score (nSPS) is 20.3. The third kappa shape index (κ3) is 6.18. The van der Waals surface area contributed by atoms with E-state index < -0.39 is 11.8 Å². The van der Waals surface area contributed by atoms with Crippen LogP contribution >= 0.6 is 0 Å². The van der Waals surface area contributed by atoms with Gasteiger partial charge in [0.15, 0.2) is 11.6 Å². The summed E-state index contributed by atoms with van der Waals surface area (Å²) in [6, 6.07) is 9.03. The van der Waals surface area contributed by atoms with Crippen LogP contribution in [-0.4, -0.2) is 49.1 Å². The van der Waals surface area contributed by atoms with Crippen LogP contribution in [-0.2, 0) is 4.79 Å². The Bertz CT molecular complexity index is 1010. The van der Waals surface area contributed by atoms with E-state index >= 15 is 0 Å². The van der Waals surface area contributed by atoms with Gasteiger partial charge in [0.2, 0.25) is 11.8 Å². The van der Waals surface area contributed by atoms with Gasteiger partial charge in [0, 0.05) is 45.1 Å². The lowest BCUT2D eigenvalue weighted by atomic mass is 9.81. The number of nitrogens with zero attached hydrogens (tertiary/aromatic N) is 2. The van der Waals surface area contributed by atoms with E-state index in [4.69, 9.17) is 4.74 Å². The first-order chi connectivity index (χ1) is 16.8.